The predicted molar refractivity (Wildman–Crippen MR) is 122 cm³/mol. The molecule has 5 rings (SSSR count). The van der Waals surface area contributed by atoms with Crippen molar-refractivity contribution in [2.75, 3.05) is 12.3 Å². The van der Waals surface area contributed by atoms with Crippen molar-refractivity contribution in [2.24, 2.45) is 0 Å². The van der Waals surface area contributed by atoms with Gasteiger partial charge in [0.15, 0.2) is 6.10 Å². The van der Waals surface area contributed by atoms with E-state index in [0.29, 0.717) is 11.1 Å². The summed E-state index contributed by atoms with van der Waals surface area (Å²) in [6.45, 7) is -0.444. The van der Waals surface area contributed by atoms with E-state index < -0.39 is 53.7 Å². The van der Waals surface area contributed by atoms with Crippen LogP contribution in [-0.2, 0) is 17.7 Å². The van der Waals surface area contributed by atoms with Gasteiger partial charge in [-0.05, 0) is 41.8 Å². The molecule has 2 aromatic carbocycles. The lowest BCUT2D eigenvalue weighted by Gasteiger charge is -2.43. The Labute approximate surface area is 211 Å². The van der Waals surface area contributed by atoms with Crippen LogP contribution in [0.3, 0.4) is 0 Å². The van der Waals surface area contributed by atoms with Crippen LogP contribution in [0, 0.1) is 11.6 Å². The summed E-state index contributed by atoms with van der Waals surface area (Å²) in [5.74, 6) is -10.0. The molecule has 1 atom stereocenters. The number of rotatable bonds is 4. The predicted octanol–water partition coefficient (Wildman–Crippen LogP) is 4.28. The van der Waals surface area contributed by atoms with Gasteiger partial charge in [0.2, 0.25) is 5.95 Å². The Hall–Kier alpha value is -4.03. The fraction of sp³-hybridized carbons (Fsp3) is 0.320. The van der Waals surface area contributed by atoms with E-state index in [1.807, 2.05) is 0 Å². The van der Waals surface area contributed by atoms with E-state index in [9.17, 15) is 35.9 Å². The van der Waals surface area contributed by atoms with Gasteiger partial charge >= 0.3 is 17.9 Å². The quantitative estimate of drug-likeness (QED) is 0.501. The minimum absolute atomic E-state index is 0.0483. The molecule has 1 fully saturated rings. The number of benzene rings is 2. The molecule has 3 aromatic rings. The van der Waals surface area contributed by atoms with Crippen LogP contribution in [0.1, 0.15) is 34.8 Å². The lowest BCUT2D eigenvalue weighted by atomic mass is 9.85. The maximum absolute atomic E-state index is 13.6. The second-order valence-electron chi connectivity index (χ2n) is 9.15. The highest BCUT2D eigenvalue weighted by Crippen LogP contribution is 2.52. The number of anilines is 1. The lowest BCUT2D eigenvalue weighted by Crippen LogP contribution is -2.64. The Morgan fingerprint density at radius 1 is 1.00 bits per heavy atom. The molecule has 1 aromatic heterocycles. The average Bonchev–Trinajstić information content (AvgIpc) is 2.87. The van der Waals surface area contributed by atoms with Crippen molar-refractivity contribution in [1.82, 2.24) is 14.5 Å². The van der Waals surface area contributed by atoms with Crippen LogP contribution >= 0.6 is 0 Å². The smallest absolute Gasteiger partial charge is 0.410 e. The Morgan fingerprint density at radius 3 is 2.05 bits per heavy atom. The molecule has 2 heterocycles. The summed E-state index contributed by atoms with van der Waals surface area (Å²) in [6.07, 6.45) is -4.84. The SMILES string of the molecule is Nc1nc2c(c(=O)n1C(c1ccc(F)cc1)c1ccc(F)cc1)CCN(C(=O)OC1CC(F)(F)C1(F)F)C2. The lowest BCUT2D eigenvalue weighted by molar-refractivity contribution is -0.330. The molecule has 2 aliphatic rings. The van der Waals surface area contributed by atoms with Gasteiger partial charge < -0.3 is 15.4 Å². The topological polar surface area (TPSA) is 90.5 Å². The van der Waals surface area contributed by atoms with E-state index in [1.54, 1.807) is 0 Å². The third-order valence-corrected chi connectivity index (χ3v) is 6.76. The normalized spacial score (nSPS) is 19.6. The van der Waals surface area contributed by atoms with E-state index in [1.165, 1.54) is 53.1 Å². The summed E-state index contributed by atoms with van der Waals surface area (Å²) >= 11 is 0. The molecule has 1 aliphatic heterocycles. The van der Waals surface area contributed by atoms with Gasteiger partial charge in [-0.3, -0.25) is 9.36 Å². The van der Waals surface area contributed by atoms with Gasteiger partial charge in [0.25, 0.3) is 5.56 Å². The van der Waals surface area contributed by atoms with Crippen LogP contribution in [-0.4, -0.2) is 45.0 Å². The zero-order valence-corrected chi connectivity index (χ0v) is 19.5. The number of hydrogen-bond acceptors (Lipinski definition) is 5. The van der Waals surface area contributed by atoms with Crippen molar-refractivity contribution in [2.45, 2.75) is 43.4 Å². The Kier molecular flexibility index (Phi) is 6.11. The fourth-order valence-corrected chi connectivity index (χ4v) is 4.62. The highest BCUT2D eigenvalue weighted by atomic mass is 19.3. The molecule has 1 amide bonds. The van der Waals surface area contributed by atoms with E-state index in [0.717, 1.165) is 4.90 Å². The second kappa shape index (κ2) is 9.07. The van der Waals surface area contributed by atoms with Crippen molar-refractivity contribution in [3.8, 4) is 0 Å². The number of aromatic nitrogens is 2. The monoisotopic (exact) mass is 538 g/mol. The van der Waals surface area contributed by atoms with Crippen LogP contribution in [0.25, 0.3) is 0 Å². The van der Waals surface area contributed by atoms with Gasteiger partial charge in [-0.15, -0.1) is 0 Å². The zero-order valence-electron chi connectivity index (χ0n) is 19.5. The molecule has 1 aliphatic carbocycles. The van der Waals surface area contributed by atoms with Crippen LogP contribution < -0.4 is 11.3 Å². The van der Waals surface area contributed by atoms with Crippen LogP contribution in [0.4, 0.5) is 37.1 Å². The number of halogens is 6. The number of ether oxygens (including phenoxy) is 1. The fourth-order valence-electron chi connectivity index (χ4n) is 4.62. The number of nitrogens with two attached hydrogens (primary N) is 1. The van der Waals surface area contributed by atoms with Crippen molar-refractivity contribution in [3.05, 3.63) is 92.9 Å². The Balaban J connectivity index is 1.46. The highest BCUT2D eigenvalue weighted by molar-refractivity contribution is 5.68. The number of hydrogen-bond donors (Lipinski definition) is 1. The molecular formula is C25H20F6N4O3. The number of nitrogen functional groups attached to an aromatic ring is 1. The first-order chi connectivity index (χ1) is 17.9. The summed E-state index contributed by atoms with van der Waals surface area (Å²) < 4.78 is 86.2. The summed E-state index contributed by atoms with van der Waals surface area (Å²) in [5, 5.41) is 0. The third-order valence-electron chi connectivity index (χ3n) is 6.76. The standard InChI is InChI=1S/C25H20F6N4O3/c26-15-5-1-13(2-6-15)20(14-3-7-16(27)8-4-14)35-21(36)17-9-10-34(12-18(17)33-22(35)32)23(37)38-19-11-24(28,29)25(19,30)31/h1-8,19-20H,9-12H2,(H2,32,33). The highest BCUT2D eigenvalue weighted by Gasteiger charge is 2.74. The molecule has 13 heteroatoms. The molecule has 0 bridgehead atoms. The number of nitrogens with zero attached hydrogens (tertiary/aromatic N) is 3. The van der Waals surface area contributed by atoms with Gasteiger partial charge in [0.05, 0.1) is 24.7 Å². The molecule has 38 heavy (non-hydrogen) atoms. The second-order valence-corrected chi connectivity index (χ2v) is 9.15. The molecule has 1 saturated carbocycles. The minimum atomic E-state index is -4.47. The van der Waals surface area contributed by atoms with Crippen molar-refractivity contribution >= 4 is 12.0 Å². The number of amides is 1. The van der Waals surface area contributed by atoms with E-state index in [2.05, 4.69) is 9.72 Å². The summed E-state index contributed by atoms with van der Waals surface area (Å²) in [7, 11) is 0. The maximum Gasteiger partial charge on any atom is 0.410 e. The van der Waals surface area contributed by atoms with Crippen molar-refractivity contribution in [1.29, 1.82) is 0 Å². The molecule has 0 saturated heterocycles. The molecule has 1 unspecified atom stereocenters. The largest absolute Gasteiger partial charge is 0.439 e. The van der Waals surface area contributed by atoms with E-state index in [-0.39, 0.29) is 36.7 Å². The summed E-state index contributed by atoms with van der Waals surface area (Å²) in [6, 6.07) is 9.70. The molecular weight excluding hydrogens is 518 g/mol. The van der Waals surface area contributed by atoms with E-state index >= 15 is 0 Å². The summed E-state index contributed by atoms with van der Waals surface area (Å²) in [4.78, 5) is 31.2. The number of carbonyl (C=O) groups excluding carboxylic acids is 1. The molecule has 2 N–H and O–H groups in total. The molecule has 0 spiro atoms. The van der Waals surface area contributed by atoms with Crippen LogP contribution in [0.2, 0.25) is 0 Å². The van der Waals surface area contributed by atoms with Gasteiger partial charge in [0, 0.05) is 12.1 Å². The Morgan fingerprint density at radius 2 is 1.55 bits per heavy atom. The van der Waals surface area contributed by atoms with Crippen molar-refractivity contribution < 1.29 is 35.9 Å². The van der Waals surface area contributed by atoms with Crippen LogP contribution in [0.5, 0.6) is 0 Å². The van der Waals surface area contributed by atoms with E-state index in [4.69, 9.17) is 5.73 Å². The first-order valence-electron chi connectivity index (χ1n) is 11.5. The maximum atomic E-state index is 13.6. The van der Waals surface area contributed by atoms with Gasteiger partial charge in [-0.2, -0.15) is 17.6 Å². The zero-order chi connectivity index (χ0) is 27.4. The molecule has 7 nitrogen and oxygen atoms in total. The Bertz CT molecular complexity index is 1400. The van der Waals surface area contributed by atoms with Gasteiger partial charge in [-0.25, -0.2) is 18.6 Å². The van der Waals surface area contributed by atoms with Crippen molar-refractivity contribution in [3.63, 3.8) is 0 Å². The first-order valence-corrected chi connectivity index (χ1v) is 11.5. The summed E-state index contributed by atoms with van der Waals surface area (Å²) in [5.41, 5.74) is 6.82. The number of alkyl halides is 4. The third kappa shape index (κ3) is 4.25. The van der Waals surface area contributed by atoms with Crippen LogP contribution in [0.15, 0.2) is 53.3 Å². The number of fused-ring (bicyclic) bond motifs is 1. The average molecular weight is 538 g/mol. The molecule has 200 valence electrons. The van der Waals surface area contributed by atoms with Gasteiger partial charge in [0.1, 0.15) is 11.6 Å². The first kappa shape index (κ1) is 25.6. The minimum Gasteiger partial charge on any atom is -0.439 e. The number of carbonyl (C=O) groups is 1. The van der Waals surface area contributed by atoms with Gasteiger partial charge in [-0.1, -0.05) is 24.3 Å². The molecule has 0 radical (unpaired) electrons.